The molecule has 1 aromatic heterocycles. The van der Waals surface area contributed by atoms with Crippen LogP contribution in [0.1, 0.15) is 32.1 Å². The molecule has 3 aliphatic rings. The predicted molar refractivity (Wildman–Crippen MR) is 141 cm³/mol. The van der Waals surface area contributed by atoms with Gasteiger partial charge in [-0.25, -0.2) is 9.18 Å². The van der Waals surface area contributed by atoms with Crippen molar-refractivity contribution in [1.29, 1.82) is 0 Å². The number of urea groups is 1. The van der Waals surface area contributed by atoms with E-state index in [4.69, 9.17) is 5.11 Å². The first-order valence-electron chi connectivity index (χ1n) is 13.4. The Kier molecular flexibility index (Phi) is 7.69. The second-order valence-corrected chi connectivity index (χ2v) is 10.5. The molecule has 2 aromatic rings. The Bertz CT molecular complexity index is 1280. The van der Waals surface area contributed by atoms with Gasteiger partial charge in [0.15, 0.2) is 11.6 Å². The number of carbonyl (C=O) groups is 4. The van der Waals surface area contributed by atoms with Crippen molar-refractivity contribution in [2.75, 3.05) is 62.2 Å². The third kappa shape index (κ3) is 5.68. The summed E-state index contributed by atoms with van der Waals surface area (Å²) in [6.07, 6.45) is 1.89. The van der Waals surface area contributed by atoms with Crippen molar-refractivity contribution in [3.8, 4) is 0 Å². The van der Waals surface area contributed by atoms with Gasteiger partial charge in [-0.3, -0.25) is 34.2 Å². The standard InChI is InChI=1S/C26H34FN7O5/c1-30-24-18(25(29-30)34-11-8-20(35)28-26(34)39)2-3-19(23(24)27)32-14-12-31(13-15-32)16-17-6-9-33(10-7-17)21(36)4-5-22(37)38/h2-3,17H,4-16H2,1H3,(H,37,38)(H,28,35,39). The van der Waals surface area contributed by atoms with Gasteiger partial charge in [0.25, 0.3) is 0 Å². The number of fused-ring (bicyclic) bond motifs is 1. The van der Waals surface area contributed by atoms with Crippen molar-refractivity contribution in [2.45, 2.75) is 32.1 Å². The number of carboxylic acid groups (broad SMARTS) is 1. The van der Waals surface area contributed by atoms with Crippen LogP contribution in [0.3, 0.4) is 0 Å². The molecular weight excluding hydrogens is 509 g/mol. The van der Waals surface area contributed by atoms with E-state index in [2.05, 4.69) is 15.3 Å². The van der Waals surface area contributed by atoms with Gasteiger partial charge in [-0.1, -0.05) is 0 Å². The number of hydrogen-bond donors (Lipinski definition) is 2. The van der Waals surface area contributed by atoms with E-state index in [1.165, 1.54) is 9.58 Å². The maximum Gasteiger partial charge on any atom is 0.329 e. The van der Waals surface area contributed by atoms with Crippen LogP contribution in [0.15, 0.2) is 12.1 Å². The Morgan fingerprint density at radius 3 is 2.44 bits per heavy atom. The summed E-state index contributed by atoms with van der Waals surface area (Å²) in [5, 5.41) is 16.0. The molecular formula is C26H34FN7O5. The number of piperazine rings is 1. The van der Waals surface area contributed by atoms with E-state index in [1.807, 2.05) is 4.90 Å². The summed E-state index contributed by atoms with van der Waals surface area (Å²) in [5.74, 6) is -0.940. The van der Waals surface area contributed by atoms with E-state index in [0.29, 0.717) is 54.5 Å². The number of carbonyl (C=O) groups excluding carboxylic acids is 3. The van der Waals surface area contributed by atoms with Crippen LogP contribution < -0.4 is 15.1 Å². The molecule has 5 rings (SSSR count). The number of nitrogens with zero attached hydrogens (tertiary/aromatic N) is 6. The molecule has 0 aliphatic carbocycles. The molecule has 2 N–H and O–H groups in total. The summed E-state index contributed by atoms with van der Waals surface area (Å²) in [6, 6.07) is 2.97. The lowest BCUT2D eigenvalue weighted by molar-refractivity contribution is -0.141. The Morgan fingerprint density at radius 2 is 1.77 bits per heavy atom. The number of amides is 4. The van der Waals surface area contributed by atoms with Gasteiger partial charge in [0.05, 0.1) is 12.1 Å². The summed E-state index contributed by atoms with van der Waals surface area (Å²) >= 11 is 0. The number of likely N-dealkylation sites (tertiary alicyclic amines) is 1. The van der Waals surface area contributed by atoms with Crippen LogP contribution in [0.2, 0.25) is 0 Å². The molecule has 210 valence electrons. The third-order valence-electron chi connectivity index (χ3n) is 7.96. The van der Waals surface area contributed by atoms with E-state index in [1.54, 1.807) is 24.1 Å². The number of anilines is 2. The van der Waals surface area contributed by atoms with Crippen LogP contribution in [-0.2, 0) is 21.4 Å². The van der Waals surface area contributed by atoms with Crippen LogP contribution in [0.4, 0.5) is 20.7 Å². The Labute approximate surface area is 225 Å². The van der Waals surface area contributed by atoms with Crippen molar-refractivity contribution in [1.82, 2.24) is 24.9 Å². The normalized spacial score (nSPS) is 19.6. The zero-order chi connectivity index (χ0) is 27.7. The number of nitrogens with one attached hydrogen (secondary N) is 1. The zero-order valence-electron chi connectivity index (χ0n) is 22.1. The summed E-state index contributed by atoms with van der Waals surface area (Å²) in [4.78, 5) is 54.3. The van der Waals surface area contributed by atoms with Gasteiger partial charge in [0.2, 0.25) is 11.8 Å². The van der Waals surface area contributed by atoms with Crippen molar-refractivity contribution >= 4 is 46.2 Å². The van der Waals surface area contributed by atoms with E-state index in [9.17, 15) is 19.2 Å². The fourth-order valence-corrected chi connectivity index (χ4v) is 5.78. The fraction of sp³-hybridized carbons (Fsp3) is 0.577. The third-order valence-corrected chi connectivity index (χ3v) is 7.96. The maximum atomic E-state index is 15.8. The maximum absolute atomic E-state index is 15.8. The minimum atomic E-state index is -0.951. The first-order chi connectivity index (χ1) is 18.7. The quantitative estimate of drug-likeness (QED) is 0.536. The van der Waals surface area contributed by atoms with E-state index < -0.39 is 12.0 Å². The number of aliphatic carboxylic acids is 1. The molecule has 3 aliphatic heterocycles. The molecule has 4 heterocycles. The largest absolute Gasteiger partial charge is 0.481 e. The SMILES string of the molecule is Cn1nc(N2CCC(=O)NC2=O)c2ccc(N3CCN(CC4CCN(C(=O)CCC(=O)O)CC4)CC3)c(F)c21. The minimum absolute atomic E-state index is 0.0546. The van der Waals surface area contributed by atoms with E-state index in [0.717, 1.165) is 32.5 Å². The second kappa shape index (κ2) is 11.2. The van der Waals surface area contributed by atoms with Gasteiger partial charge in [0, 0.05) is 77.6 Å². The highest BCUT2D eigenvalue weighted by atomic mass is 19.1. The number of piperidine rings is 1. The van der Waals surface area contributed by atoms with Crippen LogP contribution in [0.25, 0.3) is 10.9 Å². The van der Waals surface area contributed by atoms with Crippen LogP contribution in [0.5, 0.6) is 0 Å². The van der Waals surface area contributed by atoms with Crippen LogP contribution in [-0.4, -0.2) is 101 Å². The van der Waals surface area contributed by atoms with Crippen LogP contribution in [0, 0.1) is 11.7 Å². The first kappa shape index (κ1) is 26.9. The Balaban J connectivity index is 1.17. The molecule has 4 amide bonds. The van der Waals surface area contributed by atoms with E-state index in [-0.39, 0.29) is 43.4 Å². The van der Waals surface area contributed by atoms with Crippen molar-refractivity contribution in [3.63, 3.8) is 0 Å². The number of rotatable bonds is 7. The molecule has 0 unspecified atom stereocenters. The highest BCUT2D eigenvalue weighted by Crippen LogP contribution is 2.34. The monoisotopic (exact) mass is 543 g/mol. The average molecular weight is 544 g/mol. The first-order valence-corrected chi connectivity index (χ1v) is 13.4. The molecule has 1 aromatic carbocycles. The molecule has 12 nitrogen and oxygen atoms in total. The smallest absolute Gasteiger partial charge is 0.329 e. The molecule has 39 heavy (non-hydrogen) atoms. The molecule has 0 radical (unpaired) electrons. The van der Waals surface area contributed by atoms with Gasteiger partial charge >= 0.3 is 12.0 Å². The summed E-state index contributed by atoms with van der Waals surface area (Å²) in [6.45, 7) is 5.40. The second-order valence-electron chi connectivity index (χ2n) is 10.5. The minimum Gasteiger partial charge on any atom is -0.481 e. The average Bonchev–Trinajstić information content (AvgIpc) is 3.25. The highest BCUT2D eigenvalue weighted by molar-refractivity contribution is 6.09. The lowest BCUT2D eigenvalue weighted by Crippen LogP contribution is -2.49. The van der Waals surface area contributed by atoms with Gasteiger partial charge in [-0.15, -0.1) is 0 Å². The molecule has 3 saturated heterocycles. The molecule has 0 atom stereocenters. The van der Waals surface area contributed by atoms with Crippen molar-refractivity contribution < 1.29 is 28.7 Å². The molecule has 0 saturated carbocycles. The summed E-state index contributed by atoms with van der Waals surface area (Å²) in [5.41, 5.74) is 0.822. The Morgan fingerprint density at radius 1 is 1.05 bits per heavy atom. The van der Waals surface area contributed by atoms with Crippen molar-refractivity contribution in [2.24, 2.45) is 13.0 Å². The number of carboxylic acids is 1. The van der Waals surface area contributed by atoms with E-state index >= 15 is 4.39 Å². The lowest BCUT2D eigenvalue weighted by atomic mass is 9.95. The number of imide groups is 1. The van der Waals surface area contributed by atoms with Gasteiger partial charge in [0.1, 0.15) is 5.52 Å². The number of aromatic nitrogens is 2. The van der Waals surface area contributed by atoms with Gasteiger partial charge in [-0.05, 0) is 30.9 Å². The molecule has 0 bridgehead atoms. The number of aryl methyl sites for hydroxylation is 1. The Hall–Kier alpha value is -3.74. The zero-order valence-corrected chi connectivity index (χ0v) is 22.1. The number of halogens is 1. The molecule has 13 heteroatoms. The molecule has 0 spiro atoms. The number of benzene rings is 1. The van der Waals surface area contributed by atoms with Gasteiger partial charge < -0.3 is 14.9 Å². The van der Waals surface area contributed by atoms with Crippen molar-refractivity contribution in [3.05, 3.63) is 17.9 Å². The number of hydrogen-bond acceptors (Lipinski definition) is 7. The topological polar surface area (TPSA) is 131 Å². The molecule has 3 fully saturated rings. The highest BCUT2D eigenvalue weighted by Gasteiger charge is 2.31. The fourth-order valence-electron chi connectivity index (χ4n) is 5.78. The summed E-state index contributed by atoms with van der Waals surface area (Å²) < 4.78 is 17.2. The van der Waals surface area contributed by atoms with Crippen LogP contribution >= 0.6 is 0 Å². The predicted octanol–water partition coefficient (Wildman–Crippen LogP) is 1.38. The lowest BCUT2D eigenvalue weighted by Gasteiger charge is -2.39. The van der Waals surface area contributed by atoms with Gasteiger partial charge in [-0.2, -0.15) is 5.10 Å². The summed E-state index contributed by atoms with van der Waals surface area (Å²) in [7, 11) is 1.65.